The number of hydrogen-bond acceptors (Lipinski definition) is 3. The zero-order valence-electron chi connectivity index (χ0n) is 10.8. The van der Waals surface area contributed by atoms with Crippen molar-refractivity contribution in [3.8, 4) is 0 Å². The van der Waals surface area contributed by atoms with Gasteiger partial charge in [0.15, 0.2) is 0 Å². The van der Waals surface area contributed by atoms with Gasteiger partial charge in [-0.05, 0) is 25.0 Å². The van der Waals surface area contributed by atoms with E-state index in [9.17, 15) is 17.6 Å². The molecule has 1 aromatic rings. The molecule has 2 aliphatic rings. The molecule has 1 saturated carbocycles. The Bertz CT molecular complexity index is 637. The maximum Gasteiger partial charge on any atom is 0.230 e. The molecular weight excluding hydrogens is 283 g/mol. The molecule has 108 valence electrons. The van der Waals surface area contributed by atoms with Gasteiger partial charge in [0.1, 0.15) is 5.82 Å². The number of sulfonamides is 1. The number of benzene rings is 1. The van der Waals surface area contributed by atoms with Gasteiger partial charge in [-0.1, -0.05) is 12.1 Å². The van der Waals surface area contributed by atoms with Crippen LogP contribution >= 0.6 is 0 Å². The molecular formula is C13H15FN2O3S. The highest BCUT2D eigenvalue weighted by atomic mass is 32.2. The maximum atomic E-state index is 13.4. The maximum absolute atomic E-state index is 13.4. The van der Waals surface area contributed by atoms with E-state index < -0.39 is 21.8 Å². The zero-order chi connectivity index (χ0) is 14.3. The fourth-order valence-electron chi connectivity index (χ4n) is 2.19. The number of amides is 1. The second-order valence-electron chi connectivity index (χ2n) is 5.23. The highest BCUT2D eigenvalue weighted by Gasteiger charge is 2.46. The van der Waals surface area contributed by atoms with Gasteiger partial charge in [-0.2, -0.15) is 4.31 Å². The van der Waals surface area contributed by atoms with Crippen molar-refractivity contribution in [2.24, 2.45) is 5.92 Å². The lowest BCUT2D eigenvalue weighted by atomic mass is 10.0. The van der Waals surface area contributed by atoms with Crippen molar-refractivity contribution >= 4 is 21.6 Å². The van der Waals surface area contributed by atoms with Gasteiger partial charge in [0.05, 0.1) is 16.9 Å². The first-order chi connectivity index (χ1) is 9.48. The Balaban J connectivity index is 1.57. The third-order valence-corrected chi connectivity index (χ3v) is 5.99. The molecule has 1 aliphatic heterocycles. The van der Waals surface area contributed by atoms with E-state index in [1.807, 2.05) is 0 Å². The molecule has 2 fully saturated rings. The van der Waals surface area contributed by atoms with Crippen LogP contribution in [0.4, 0.5) is 10.1 Å². The quantitative estimate of drug-likeness (QED) is 0.908. The molecule has 1 saturated heterocycles. The van der Waals surface area contributed by atoms with Gasteiger partial charge in [0, 0.05) is 13.1 Å². The van der Waals surface area contributed by atoms with Gasteiger partial charge in [-0.3, -0.25) is 4.79 Å². The van der Waals surface area contributed by atoms with Gasteiger partial charge in [-0.15, -0.1) is 0 Å². The number of carbonyl (C=O) groups is 1. The van der Waals surface area contributed by atoms with Gasteiger partial charge in [0.2, 0.25) is 15.9 Å². The number of nitrogens with one attached hydrogen (secondary N) is 1. The Kier molecular flexibility index (Phi) is 3.25. The Hall–Kier alpha value is -1.47. The number of para-hydroxylation sites is 1. The number of nitrogens with zero attached hydrogens (tertiary/aromatic N) is 1. The van der Waals surface area contributed by atoms with Crippen LogP contribution < -0.4 is 5.32 Å². The third kappa shape index (κ3) is 2.43. The lowest BCUT2D eigenvalue weighted by Gasteiger charge is -2.37. The van der Waals surface area contributed by atoms with Crippen LogP contribution in [0.5, 0.6) is 0 Å². The summed E-state index contributed by atoms with van der Waals surface area (Å²) in [6.07, 6.45) is 1.43. The van der Waals surface area contributed by atoms with Gasteiger partial charge < -0.3 is 5.32 Å². The van der Waals surface area contributed by atoms with Gasteiger partial charge >= 0.3 is 0 Å². The summed E-state index contributed by atoms with van der Waals surface area (Å²) in [6.45, 7) is 0.387. The lowest BCUT2D eigenvalue weighted by Crippen LogP contribution is -2.55. The van der Waals surface area contributed by atoms with Crippen LogP contribution in [0, 0.1) is 11.7 Å². The molecule has 0 radical (unpaired) electrons. The molecule has 1 aliphatic carbocycles. The molecule has 1 amide bonds. The van der Waals surface area contributed by atoms with E-state index in [-0.39, 0.29) is 29.9 Å². The molecule has 20 heavy (non-hydrogen) atoms. The van der Waals surface area contributed by atoms with E-state index in [2.05, 4.69) is 5.32 Å². The SMILES string of the molecule is O=C(Nc1ccccc1F)C1CN(S(=O)(=O)C2CC2)C1. The molecule has 0 unspecified atom stereocenters. The first-order valence-corrected chi connectivity index (χ1v) is 8.03. The molecule has 3 rings (SSSR count). The number of anilines is 1. The highest BCUT2D eigenvalue weighted by Crippen LogP contribution is 2.34. The summed E-state index contributed by atoms with van der Waals surface area (Å²) in [4.78, 5) is 11.9. The van der Waals surface area contributed by atoms with Crippen LogP contribution in [0.25, 0.3) is 0 Å². The second-order valence-corrected chi connectivity index (χ2v) is 7.44. The molecule has 1 N–H and O–H groups in total. The topological polar surface area (TPSA) is 66.5 Å². The average molecular weight is 298 g/mol. The van der Waals surface area contributed by atoms with E-state index in [1.165, 1.54) is 22.5 Å². The van der Waals surface area contributed by atoms with E-state index in [0.717, 1.165) is 0 Å². The van der Waals surface area contributed by atoms with Crippen molar-refractivity contribution in [2.75, 3.05) is 18.4 Å². The number of hydrogen-bond donors (Lipinski definition) is 1. The van der Waals surface area contributed by atoms with Crippen LogP contribution in [0.1, 0.15) is 12.8 Å². The van der Waals surface area contributed by atoms with Crippen molar-refractivity contribution in [1.29, 1.82) is 0 Å². The predicted octanol–water partition coefficient (Wildman–Crippen LogP) is 1.19. The fraction of sp³-hybridized carbons (Fsp3) is 0.462. The van der Waals surface area contributed by atoms with Crippen LogP contribution in [0.15, 0.2) is 24.3 Å². The number of rotatable bonds is 4. The zero-order valence-corrected chi connectivity index (χ0v) is 11.6. The molecule has 7 heteroatoms. The standard InChI is InChI=1S/C13H15FN2O3S/c14-11-3-1-2-4-12(11)15-13(17)9-7-16(8-9)20(18,19)10-5-6-10/h1-4,9-10H,5-8H2,(H,15,17). The predicted molar refractivity (Wildman–Crippen MR) is 72.0 cm³/mol. The summed E-state index contributed by atoms with van der Waals surface area (Å²) in [5.74, 6) is -1.23. The lowest BCUT2D eigenvalue weighted by molar-refractivity contribution is -0.122. The Morgan fingerprint density at radius 1 is 1.25 bits per heavy atom. The van der Waals surface area contributed by atoms with E-state index in [4.69, 9.17) is 0 Å². The van der Waals surface area contributed by atoms with Crippen molar-refractivity contribution in [1.82, 2.24) is 4.31 Å². The van der Waals surface area contributed by atoms with Crippen LogP contribution in [0.2, 0.25) is 0 Å². The monoisotopic (exact) mass is 298 g/mol. The molecule has 0 aromatic heterocycles. The summed E-state index contributed by atoms with van der Waals surface area (Å²) in [6, 6.07) is 5.91. The number of halogens is 1. The van der Waals surface area contributed by atoms with Crippen molar-refractivity contribution in [2.45, 2.75) is 18.1 Å². The summed E-state index contributed by atoms with van der Waals surface area (Å²) >= 11 is 0. The fourth-order valence-corrected chi connectivity index (χ4v) is 4.11. The minimum Gasteiger partial charge on any atom is -0.323 e. The minimum absolute atomic E-state index is 0.126. The normalized spacial score (nSPS) is 20.4. The molecule has 1 aromatic carbocycles. The summed E-state index contributed by atoms with van der Waals surface area (Å²) in [5.41, 5.74) is 0.126. The Labute approximate surface area is 116 Å². The van der Waals surface area contributed by atoms with Gasteiger partial charge in [0.25, 0.3) is 0 Å². The molecule has 0 atom stereocenters. The molecule has 5 nitrogen and oxygen atoms in total. The minimum atomic E-state index is -3.20. The largest absolute Gasteiger partial charge is 0.323 e. The van der Waals surface area contributed by atoms with Crippen molar-refractivity contribution < 1.29 is 17.6 Å². The third-order valence-electron chi connectivity index (χ3n) is 3.66. The summed E-state index contributed by atoms with van der Waals surface area (Å²) in [7, 11) is -3.20. The van der Waals surface area contributed by atoms with E-state index in [1.54, 1.807) is 6.07 Å². The Morgan fingerprint density at radius 3 is 2.50 bits per heavy atom. The average Bonchev–Trinajstić information content (AvgIpc) is 3.13. The van der Waals surface area contributed by atoms with Crippen molar-refractivity contribution in [3.63, 3.8) is 0 Å². The summed E-state index contributed by atoms with van der Waals surface area (Å²) in [5, 5.41) is 2.24. The van der Waals surface area contributed by atoms with Crippen LogP contribution in [-0.4, -0.2) is 37.0 Å². The number of carbonyl (C=O) groups excluding carboxylic acids is 1. The van der Waals surface area contributed by atoms with Crippen molar-refractivity contribution in [3.05, 3.63) is 30.1 Å². The first kappa shape index (κ1) is 13.5. The molecule has 1 heterocycles. The van der Waals surface area contributed by atoms with Crippen LogP contribution in [-0.2, 0) is 14.8 Å². The van der Waals surface area contributed by atoms with E-state index >= 15 is 0 Å². The Morgan fingerprint density at radius 2 is 1.90 bits per heavy atom. The summed E-state index contributed by atoms with van der Waals surface area (Å²) < 4.78 is 38.5. The smallest absolute Gasteiger partial charge is 0.230 e. The van der Waals surface area contributed by atoms with Gasteiger partial charge in [-0.25, -0.2) is 12.8 Å². The van der Waals surface area contributed by atoms with E-state index in [0.29, 0.717) is 12.8 Å². The second kappa shape index (κ2) is 4.82. The van der Waals surface area contributed by atoms with Crippen LogP contribution in [0.3, 0.4) is 0 Å². The first-order valence-electron chi connectivity index (χ1n) is 6.53. The molecule has 0 spiro atoms. The molecule has 0 bridgehead atoms. The highest BCUT2D eigenvalue weighted by molar-refractivity contribution is 7.90.